The van der Waals surface area contributed by atoms with Crippen molar-refractivity contribution in [2.75, 3.05) is 11.5 Å². The van der Waals surface area contributed by atoms with E-state index >= 15 is 0 Å². The molecule has 0 saturated carbocycles. The fourth-order valence-electron chi connectivity index (χ4n) is 1.79. The van der Waals surface area contributed by atoms with E-state index in [0.717, 1.165) is 12.8 Å². The fraction of sp³-hybridized carbons (Fsp3) is 0.462. The van der Waals surface area contributed by atoms with E-state index in [1.165, 1.54) is 18.2 Å². The Bertz CT molecular complexity index is 583. The molecular formula is C13H19ClN2O3S. The van der Waals surface area contributed by atoms with Crippen LogP contribution in [-0.2, 0) is 14.6 Å². The molecule has 0 aromatic heterocycles. The number of amides is 1. The molecule has 0 bridgehead atoms. The minimum Gasteiger partial charge on any atom is -0.398 e. The summed E-state index contributed by atoms with van der Waals surface area (Å²) in [6, 6.07) is 4.15. The Morgan fingerprint density at radius 3 is 2.50 bits per heavy atom. The maximum Gasteiger partial charge on any atom is 0.235 e. The monoisotopic (exact) mass is 318 g/mol. The molecule has 7 heteroatoms. The molecule has 1 amide bonds. The Kier molecular flexibility index (Phi) is 5.83. The third-order valence-electron chi connectivity index (χ3n) is 2.98. The van der Waals surface area contributed by atoms with Crippen LogP contribution in [0.3, 0.4) is 0 Å². The quantitative estimate of drug-likeness (QED) is 0.785. The molecule has 0 radical (unpaired) electrons. The van der Waals surface area contributed by atoms with Crippen LogP contribution in [0.4, 0.5) is 5.69 Å². The summed E-state index contributed by atoms with van der Waals surface area (Å²) in [6.45, 7) is 3.86. The zero-order chi connectivity index (χ0) is 15.3. The van der Waals surface area contributed by atoms with E-state index in [0.29, 0.717) is 0 Å². The molecule has 1 rings (SSSR count). The predicted octanol–water partition coefficient (Wildman–Crippen LogP) is 2.00. The summed E-state index contributed by atoms with van der Waals surface area (Å²) in [7, 11) is -3.80. The molecule has 0 atom stereocenters. The SMILES string of the molecule is CCC(CC)NC(=O)CS(=O)(=O)c1cc(Cl)ccc1N. The van der Waals surface area contributed by atoms with E-state index in [1.54, 1.807) is 0 Å². The van der Waals surface area contributed by atoms with Gasteiger partial charge in [-0.25, -0.2) is 8.42 Å². The lowest BCUT2D eigenvalue weighted by atomic mass is 10.2. The summed E-state index contributed by atoms with van der Waals surface area (Å²) < 4.78 is 24.3. The van der Waals surface area contributed by atoms with Crippen molar-refractivity contribution < 1.29 is 13.2 Å². The van der Waals surface area contributed by atoms with Gasteiger partial charge in [0.05, 0.1) is 10.6 Å². The van der Waals surface area contributed by atoms with Crippen molar-refractivity contribution in [3.8, 4) is 0 Å². The smallest absolute Gasteiger partial charge is 0.235 e. The largest absolute Gasteiger partial charge is 0.398 e. The number of hydrogen-bond acceptors (Lipinski definition) is 4. The first-order valence-corrected chi connectivity index (χ1v) is 8.40. The van der Waals surface area contributed by atoms with Crippen LogP contribution in [0.1, 0.15) is 26.7 Å². The van der Waals surface area contributed by atoms with E-state index in [2.05, 4.69) is 5.32 Å². The van der Waals surface area contributed by atoms with Crippen molar-refractivity contribution in [3.63, 3.8) is 0 Å². The number of hydrogen-bond donors (Lipinski definition) is 2. The van der Waals surface area contributed by atoms with Crippen molar-refractivity contribution in [2.24, 2.45) is 0 Å². The molecule has 0 unspecified atom stereocenters. The number of rotatable bonds is 6. The number of nitrogens with one attached hydrogen (secondary N) is 1. The lowest BCUT2D eigenvalue weighted by molar-refractivity contribution is -0.119. The zero-order valence-electron chi connectivity index (χ0n) is 11.5. The van der Waals surface area contributed by atoms with Crippen LogP contribution in [-0.4, -0.2) is 26.1 Å². The van der Waals surface area contributed by atoms with Crippen molar-refractivity contribution >= 4 is 33.0 Å². The normalized spacial score (nSPS) is 11.6. The van der Waals surface area contributed by atoms with E-state index in [1.807, 2.05) is 13.8 Å². The molecule has 20 heavy (non-hydrogen) atoms. The molecule has 0 heterocycles. The van der Waals surface area contributed by atoms with Crippen LogP contribution in [0, 0.1) is 0 Å². The Labute approximate surface area is 124 Å². The Balaban J connectivity index is 2.90. The van der Waals surface area contributed by atoms with Gasteiger partial charge in [0.1, 0.15) is 5.75 Å². The van der Waals surface area contributed by atoms with Gasteiger partial charge in [-0.1, -0.05) is 25.4 Å². The maximum atomic E-state index is 12.2. The first-order valence-electron chi connectivity index (χ1n) is 6.37. The van der Waals surface area contributed by atoms with Gasteiger partial charge in [-0.05, 0) is 31.0 Å². The second-order valence-corrected chi connectivity index (χ2v) is 6.92. The molecule has 0 aliphatic rings. The van der Waals surface area contributed by atoms with Crippen LogP contribution in [0.25, 0.3) is 0 Å². The molecule has 0 aliphatic heterocycles. The Hall–Kier alpha value is -1.27. The summed E-state index contributed by atoms with van der Waals surface area (Å²) >= 11 is 5.77. The zero-order valence-corrected chi connectivity index (χ0v) is 13.1. The number of anilines is 1. The number of nitrogen functional groups attached to an aromatic ring is 1. The van der Waals surface area contributed by atoms with E-state index in [9.17, 15) is 13.2 Å². The van der Waals surface area contributed by atoms with Gasteiger partial charge in [-0.3, -0.25) is 4.79 Å². The van der Waals surface area contributed by atoms with Gasteiger partial charge in [0.2, 0.25) is 5.91 Å². The second-order valence-electron chi connectivity index (χ2n) is 4.52. The average molecular weight is 319 g/mol. The third-order valence-corrected chi connectivity index (χ3v) is 4.88. The van der Waals surface area contributed by atoms with Gasteiger partial charge >= 0.3 is 0 Å². The number of carbonyl (C=O) groups is 1. The van der Waals surface area contributed by atoms with Gasteiger partial charge < -0.3 is 11.1 Å². The third kappa shape index (κ3) is 4.38. The molecule has 5 nitrogen and oxygen atoms in total. The fourth-order valence-corrected chi connectivity index (χ4v) is 3.34. The molecule has 0 saturated heterocycles. The molecule has 0 aliphatic carbocycles. The van der Waals surface area contributed by atoms with Crippen LogP contribution in [0.15, 0.2) is 23.1 Å². The van der Waals surface area contributed by atoms with Gasteiger partial charge in [0, 0.05) is 11.1 Å². The number of carbonyl (C=O) groups excluding carboxylic acids is 1. The molecular weight excluding hydrogens is 300 g/mol. The van der Waals surface area contributed by atoms with Gasteiger partial charge in [0.15, 0.2) is 9.84 Å². The standard InChI is InChI=1S/C13H19ClN2O3S/c1-3-10(4-2)16-13(17)8-20(18,19)12-7-9(14)5-6-11(12)15/h5-7,10H,3-4,8,15H2,1-2H3,(H,16,17). The Morgan fingerprint density at radius 2 is 1.95 bits per heavy atom. The van der Waals surface area contributed by atoms with Gasteiger partial charge in [-0.2, -0.15) is 0 Å². The van der Waals surface area contributed by atoms with Crippen molar-refractivity contribution in [1.29, 1.82) is 0 Å². The van der Waals surface area contributed by atoms with Gasteiger partial charge in [-0.15, -0.1) is 0 Å². The van der Waals surface area contributed by atoms with Crippen LogP contribution in [0.2, 0.25) is 5.02 Å². The first-order chi connectivity index (χ1) is 9.30. The van der Waals surface area contributed by atoms with Crippen molar-refractivity contribution in [2.45, 2.75) is 37.6 Å². The number of nitrogens with two attached hydrogens (primary N) is 1. The summed E-state index contributed by atoms with van der Waals surface area (Å²) in [4.78, 5) is 11.7. The lowest BCUT2D eigenvalue weighted by Gasteiger charge is -2.15. The van der Waals surface area contributed by atoms with Crippen LogP contribution >= 0.6 is 11.6 Å². The number of halogens is 1. The molecule has 1 aromatic rings. The number of benzene rings is 1. The number of sulfone groups is 1. The van der Waals surface area contributed by atoms with Crippen molar-refractivity contribution in [1.82, 2.24) is 5.32 Å². The minimum atomic E-state index is -3.80. The van der Waals surface area contributed by atoms with Gasteiger partial charge in [0.25, 0.3) is 0 Å². The average Bonchev–Trinajstić information content (AvgIpc) is 2.38. The minimum absolute atomic E-state index is 0.0191. The van der Waals surface area contributed by atoms with Crippen LogP contribution in [0.5, 0.6) is 0 Å². The lowest BCUT2D eigenvalue weighted by Crippen LogP contribution is -2.37. The highest BCUT2D eigenvalue weighted by atomic mass is 35.5. The molecule has 1 aromatic carbocycles. The molecule has 3 N–H and O–H groups in total. The molecule has 112 valence electrons. The maximum absolute atomic E-state index is 12.2. The van der Waals surface area contributed by atoms with E-state index in [-0.39, 0.29) is 21.6 Å². The van der Waals surface area contributed by atoms with Crippen LogP contribution < -0.4 is 11.1 Å². The van der Waals surface area contributed by atoms with E-state index in [4.69, 9.17) is 17.3 Å². The van der Waals surface area contributed by atoms with E-state index < -0.39 is 21.5 Å². The van der Waals surface area contributed by atoms with Crippen molar-refractivity contribution in [3.05, 3.63) is 23.2 Å². The molecule has 0 spiro atoms. The topological polar surface area (TPSA) is 89.3 Å². The summed E-state index contributed by atoms with van der Waals surface area (Å²) in [5.41, 5.74) is 5.72. The molecule has 0 fully saturated rings. The highest BCUT2D eigenvalue weighted by Crippen LogP contribution is 2.23. The summed E-state index contributed by atoms with van der Waals surface area (Å²) in [6.07, 6.45) is 1.50. The highest BCUT2D eigenvalue weighted by molar-refractivity contribution is 7.92. The second kappa shape index (κ2) is 6.95. The Morgan fingerprint density at radius 1 is 1.35 bits per heavy atom. The summed E-state index contributed by atoms with van der Waals surface area (Å²) in [5, 5.41) is 2.95. The first kappa shape index (κ1) is 16.8. The summed E-state index contributed by atoms with van der Waals surface area (Å²) in [5.74, 6) is -1.16. The highest BCUT2D eigenvalue weighted by Gasteiger charge is 2.23. The predicted molar refractivity (Wildman–Crippen MR) is 80.4 cm³/mol.